The zero-order chi connectivity index (χ0) is 18.8. The molecule has 140 valence electrons. The zero-order valence-electron chi connectivity index (χ0n) is 15.1. The molecule has 1 aromatic carbocycles. The molecule has 0 spiro atoms. The van der Waals surface area contributed by atoms with Crippen molar-refractivity contribution in [3.63, 3.8) is 0 Å². The van der Waals surface area contributed by atoms with Gasteiger partial charge in [-0.1, -0.05) is 30.3 Å². The van der Waals surface area contributed by atoms with Crippen molar-refractivity contribution in [1.82, 2.24) is 20.1 Å². The third-order valence-corrected chi connectivity index (χ3v) is 4.82. The van der Waals surface area contributed by atoms with Gasteiger partial charge >= 0.3 is 0 Å². The molecule has 0 saturated heterocycles. The summed E-state index contributed by atoms with van der Waals surface area (Å²) in [7, 11) is 1.83. The van der Waals surface area contributed by atoms with Gasteiger partial charge in [-0.2, -0.15) is 5.10 Å². The van der Waals surface area contributed by atoms with Crippen molar-refractivity contribution >= 4 is 16.8 Å². The second-order valence-corrected chi connectivity index (χ2v) is 6.82. The second kappa shape index (κ2) is 7.36. The topological polar surface area (TPSA) is 89.3 Å². The largest absolute Gasteiger partial charge is 0.476 e. The van der Waals surface area contributed by atoms with Crippen molar-refractivity contribution in [3.05, 3.63) is 53.9 Å². The summed E-state index contributed by atoms with van der Waals surface area (Å²) in [6, 6.07) is 10.9. The molecule has 7 nitrogen and oxygen atoms in total. The summed E-state index contributed by atoms with van der Waals surface area (Å²) >= 11 is 0. The first-order valence-electron chi connectivity index (χ1n) is 9.08. The number of hydrogen-bond acceptors (Lipinski definition) is 5. The molecule has 3 aromatic rings. The molecule has 27 heavy (non-hydrogen) atoms. The highest BCUT2D eigenvalue weighted by Gasteiger charge is 2.24. The van der Waals surface area contributed by atoms with Crippen LogP contribution in [0.2, 0.25) is 0 Å². The fourth-order valence-electron chi connectivity index (χ4n) is 3.49. The third-order valence-electron chi connectivity index (χ3n) is 4.82. The van der Waals surface area contributed by atoms with Crippen molar-refractivity contribution in [2.75, 3.05) is 6.61 Å². The summed E-state index contributed by atoms with van der Waals surface area (Å²) in [6.07, 6.45) is 2.31. The van der Waals surface area contributed by atoms with Crippen LogP contribution >= 0.6 is 0 Å². The van der Waals surface area contributed by atoms with E-state index in [0.717, 1.165) is 16.5 Å². The SMILES string of the molecule is Cn1ncc2cc3nc(c21)OCCC[C@@H](O)[C@H](c1ccccc1)NC(=O)C3. The Bertz CT molecular complexity index is 955. The van der Waals surface area contributed by atoms with Gasteiger partial charge in [0.25, 0.3) is 0 Å². The van der Waals surface area contributed by atoms with Crippen molar-refractivity contribution in [2.45, 2.75) is 31.4 Å². The van der Waals surface area contributed by atoms with Crippen LogP contribution in [0.1, 0.15) is 30.1 Å². The Morgan fingerprint density at radius 2 is 2.11 bits per heavy atom. The van der Waals surface area contributed by atoms with Crippen LogP contribution in [0.15, 0.2) is 42.6 Å². The number of aromatic nitrogens is 3. The number of carbonyl (C=O) groups is 1. The highest BCUT2D eigenvalue weighted by atomic mass is 16.5. The van der Waals surface area contributed by atoms with E-state index in [0.29, 0.717) is 31.0 Å². The minimum atomic E-state index is -0.692. The van der Waals surface area contributed by atoms with Gasteiger partial charge < -0.3 is 15.2 Å². The molecule has 2 N–H and O–H groups in total. The van der Waals surface area contributed by atoms with Crippen LogP contribution in [-0.2, 0) is 18.3 Å². The van der Waals surface area contributed by atoms with E-state index in [4.69, 9.17) is 4.74 Å². The molecule has 1 amide bonds. The fourth-order valence-corrected chi connectivity index (χ4v) is 3.49. The molecule has 3 heterocycles. The zero-order valence-corrected chi connectivity index (χ0v) is 15.1. The Kier molecular flexibility index (Phi) is 4.77. The van der Waals surface area contributed by atoms with Gasteiger partial charge in [-0.05, 0) is 24.5 Å². The molecule has 0 unspecified atom stereocenters. The number of aliphatic hydroxyl groups excluding tert-OH is 1. The number of hydrogen-bond donors (Lipinski definition) is 2. The summed E-state index contributed by atoms with van der Waals surface area (Å²) in [5, 5.41) is 18.8. The average molecular weight is 366 g/mol. The lowest BCUT2D eigenvalue weighted by Crippen LogP contribution is -2.37. The number of amides is 1. The minimum Gasteiger partial charge on any atom is -0.476 e. The lowest BCUT2D eigenvalue weighted by Gasteiger charge is -2.25. The van der Waals surface area contributed by atoms with E-state index in [1.807, 2.05) is 43.4 Å². The maximum atomic E-state index is 12.7. The lowest BCUT2D eigenvalue weighted by atomic mass is 9.97. The minimum absolute atomic E-state index is 0.108. The molecule has 2 bridgehead atoms. The van der Waals surface area contributed by atoms with Gasteiger partial charge in [0, 0.05) is 12.4 Å². The van der Waals surface area contributed by atoms with Crippen LogP contribution in [0.25, 0.3) is 10.9 Å². The van der Waals surface area contributed by atoms with Crippen molar-refractivity contribution < 1.29 is 14.6 Å². The summed E-state index contributed by atoms with van der Waals surface area (Å²) in [5.41, 5.74) is 2.30. The van der Waals surface area contributed by atoms with Gasteiger partial charge in [0.05, 0.1) is 37.1 Å². The first-order valence-corrected chi connectivity index (χ1v) is 9.08. The third kappa shape index (κ3) is 3.64. The standard InChI is InChI=1S/C20H22N4O3/c1-24-19-14(12-21-24)10-15-11-17(26)23-18(13-6-3-2-4-7-13)16(25)8-5-9-27-20(19)22-15/h2-4,6-7,10,12,16,18,25H,5,8-9,11H2,1H3,(H,23,26)/t16-,18+/m1/s1. The Balaban J connectivity index is 1.67. The summed E-state index contributed by atoms with van der Waals surface area (Å²) in [4.78, 5) is 17.2. The number of carbonyl (C=O) groups excluding carboxylic acids is 1. The summed E-state index contributed by atoms with van der Waals surface area (Å²) in [6.45, 7) is 0.434. The molecule has 0 saturated carbocycles. The lowest BCUT2D eigenvalue weighted by molar-refractivity contribution is -0.122. The first-order chi connectivity index (χ1) is 13.1. The molecule has 1 aliphatic rings. The molecule has 2 aromatic heterocycles. The number of nitrogens with zero attached hydrogens (tertiary/aromatic N) is 3. The highest BCUT2D eigenvalue weighted by Crippen LogP contribution is 2.26. The van der Waals surface area contributed by atoms with E-state index in [1.165, 1.54) is 0 Å². The van der Waals surface area contributed by atoms with Gasteiger partial charge in [0.2, 0.25) is 11.8 Å². The van der Waals surface area contributed by atoms with Crippen molar-refractivity contribution in [2.24, 2.45) is 7.05 Å². The van der Waals surface area contributed by atoms with Crippen LogP contribution in [0, 0.1) is 0 Å². The molecule has 0 aliphatic carbocycles. The van der Waals surface area contributed by atoms with E-state index in [9.17, 15) is 9.90 Å². The predicted molar refractivity (Wildman–Crippen MR) is 100 cm³/mol. The summed E-state index contributed by atoms with van der Waals surface area (Å²) in [5.74, 6) is 0.287. The van der Waals surface area contributed by atoms with E-state index in [-0.39, 0.29) is 12.3 Å². The molecule has 2 atom stereocenters. The normalized spacial score (nSPS) is 21.0. The number of benzene rings is 1. The van der Waals surface area contributed by atoms with Crippen LogP contribution in [0.5, 0.6) is 5.88 Å². The fraction of sp³-hybridized carbons (Fsp3) is 0.350. The number of fused-ring (bicyclic) bond motifs is 4. The quantitative estimate of drug-likeness (QED) is 0.687. The Morgan fingerprint density at radius 1 is 1.30 bits per heavy atom. The summed E-state index contributed by atoms with van der Waals surface area (Å²) < 4.78 is 7.60. The van der Waals surface area contributed by atoms with Gasteiger partial charge in [0.1, 0.15) is 5.52 Å². The molecule has 7 heteroatoms. The van der Waals surface area contributed by atoms with Crippen LogP contribution < -0.4 is 10.1 Å². The van der Waals surface area contributed by atoms with Crippen molar-refractivity contribution in [3.8, 4) is 5.88 Å². The second-order valence-electron chi connectivity index (χ2n) is 6.82. The predicted octanol–water partition coefficient (Wildman–Crippen LogP) is 1.90. The first kappa shape index (κ1) is 17.5. The monoisotopic (exact) mass is 366 g/mol. The number of pyridine rings is 1. The van der Waals surface area contributed by atoms with Crippen molar-refractivity contribution in [1.29, 1.82) is 0 Å². The molecular weight excluding hydrogens is 344 g/mol. The molecule has 1 aliphatic heterocycles. The van der Waals surface area contributed by atoms with Crippen LogP contribution in [-0.4, -0.2) is 38.5 Å². The Morgan fingerprint density at radius 3 is 2.93 bits per heavy atom. The van der Waals surface area contributed by atoms with Gasteiger partial charge in [-0.3, -0.25) is 9.48 Å². The number of aliphatic hydroxyl groups is 1. The van der Waals surface area contributed by atoms with E-state index < -0.39 is 12.1 Å². The number of aryl methyl sites for hydroxylation is 1. The molecule has 4 rings (SSSR count). The number of nitrogens with one attached hydrogen (secondary N) is 1. The molecule has 0 fully saturated rings. The smallest absolute Gasteiger partial charge is 0.240 e. The van der Waals surface area contributed by atoms with Crippen LogP contribution in [0.4, 0.5) is 0 Å². The Labute approximate surface area is 157 Å². The maximum Gasteiger partial charge on any atom is 0.240 e. The highest BCUT2D eigenvalue weighted by molar-refractivity contribution is 5.85. The molecule has 0 radical (unpaired) electrons. The van der Waals surface area contributed by atoms with Crippen LogP contribution in [0.3, 0.4) is 0 Å². The molecular formula is C20H22N4O3. The number of rotatable bonds is 1. The van der Waals surface area contributed by atoms with Gasteiger partial charge in [-0.25, -0.2) is 4.98 Å². The average Bonchev–Trinajstić information content (AvgIpc) is 3.04. The van der Waals surface area contributed by atoms with E-state index >= 15 is 0 Å². The maximum absolute atomic E-state index is 12.7. The van der Waals surface area contributed by atoms with E-state index in [1.54, 1.807) is 10.9 Å². The number of ether oxygens (including phenoxy) is 1. The van der Waals surface area contributed by atoms with Gasteiger partial charge in [-0.15, -0.1) is 0 Å². The van der Waals surface area contributed by atoms with Gasteiger partial charge in [0.15, 0.2) is 0 Å². The Hall–Kier alpha value is -2.93. The van der Waals surface area contributed by atoms with E-state index in [2.05, 4.69) is 15.4 Å².